The molecule has 3 aromatic rings. The van der Waals surface area contributed by atoms with E-state index >= 15 is 0 Å². The SMILES string of the molecule is Cc1c[nH]c2c(=O)[nH]c3c(c12)=CC1C(C=3)[SH]1(=O)Nc1ccc(F)cc1. The van der Waals surface area contributed by atoms with E-state index < -0.39 is 10.1 Å². The highest BCUT2D eigenvalue weighted by molar-refractivity contribution is 8.13. The molecule has 3 heterocycles. The maximum absolute atomic E-state index is 13.3. The zero-order valence-electron chi connectivity index (χ0n) is 13.3. The van der Waals surface area contributed by atoms with Crippen molar-refractivity contribution in [2.75, 3.05) is 4.72 Å². The molecular formula is C18H16FN3O2S. The van der Waals surface area contributed by atoms with Gasteiger partial charge in [-0.2, -0.15) is 0 Å². The average molecular weight is 357 g/mol. The Morgan fingerprint density at radius 2 is 1.88 bits per heavy atom. The van der Waals surface area contributed by atoms with Crippen LogP contribution in [0.15, 0.2) is 35.3 Å². The van der Waals surface area contributed by atoms with Gasteiger partial charge < -0.3 is 14.7 Å². The smallest absolute Gasteiger partial charge is 0.272 e. The molecule has 7 heteroatoms. The standard InChI is InChI=1S/C18H16FN3O2S/c1-9-8-20-17-16(9)12-6-14-15(7-13(12)21-18(17)23)25(14,24)22-11-4-2-10(19)3-5-11/h2-8,14-15,20,25H,1H3,(H,21,23)(H,22,24). The quantitative estimate of drug-likeness (QED) is 0.402. The van der Waals surface area contributed by atoms with Gasteiger partial charge >= 0.3 is 0 Å². The normalized spacial score (nSPS) is 23.8. The predicted molar refractivity (Wildman–Crippen MR) is 99.0 cm³/mol. The number of hydrogen-bond donors (Lipinski definition) is 4. The van der Waals surface area contributed by atoms with Crippen molar-refractivity contribution in [3.8, 4) is 0 Å². The third-order valence-corrected chi connectivity index (χ3v) is 8.06. The molecule has 5 nitrogen and oxygen atoms in total. The van der Waals surface area contributed by atoms with Gasteiger partial charge in [-0.1, -0.05) is 6.08 Å². The summed E-state index contributed by atoms with van der Waals surface area (Å²) < 4.78 is 29.4. The fraction of sp³-hybridized carbons (Fsp3) is 0.167. The molecule has 1 fully saturated rings. The highest BCUT2D eigenvalue weighted by atomic mass is 32.3. The van der Waals surface area contributed by atoms with E-state index in [1.807, 2.05) is 25.3 Å². The van der Waals surface area contributed by atoms with E-state index in [0.29, 0.717) is 11.2 Å². The van der Waals surface area contributed by atoms with E-state index in [2.05, 4.69) is 14.7 Å². The number of aromatic nitrogens is 2. The van der Waals surface area contributed by atoms with Crippen molar-refractivity contribution in [1.29, 1.82) is 0 Å². The molecule has 0 radical (unpaired) electrons. The number of halogens is 1. The summed E-state index contributed by atoms with van der Waals surface area (Å²) in [5.41, 5.74) is 2.00. The van der Waals surface area contributed by atoms with Crippen LogP contribution < -0.4 is 20.8 Å². The van der Waals surface area contributed by atoms with Crippen LogP contribution in [0.3, 0.4) is 0 Å². The number of thiol groups is 1. The Labute approximate surface area is 142 Å². The molecule has 1 aliphatic carbocycles. The fourth-order valence-corrected chi connectivity index (χ4v) is 6.60. The number of aryl methyl sites for hydroxylation is 1. The second-order valence-electron chi connectivity index (χ2n) is 6.65. The molecule has 25 heavy (non-hydrogen) atoms. The Bertz CT molecular complexity index is 1260. The number of fused-ring (bicyclic) bond motifs is 4. The highest BCUT2D eigenvalue weighted by Gasteiger charge is 2.54. The minimum absolute atomic E-state index is 0.103. The molecule has 3 N–H and O–H groups in total. The van der Waals surface area contributed by atoms with Crippen molar-refractivity contribution < 1.29 is 8.60 Å². The van der Waals surface area contributed by atoms with Crippen LogP contribution in [0.25, 0.3) is 23.1 Å². The second-order valence-corrected chi connectivity index (χ2v) is 9.48. The van der Waals surface area contributed by atoms with Crippen molar-refractivity contribution in [1.82, 2.24) is 9.97 Å². The van der Waals surface area contributed by atoms with Gasteiger partial charge in [-0.05, 0) is 52.9 Å². The summed E-state index contributed by atoms with van der Waals surface area (Å²) in [6.45, 7) is 1.95. The van der Waals surface area contributed by atoms with Crippen molar-refractivity contribution in [3.63, 3.8) is 0 Å². The lowest BCUT2D eigenvalue weighted by atomic mass is 10.1. The molecule has 2 atom stereocenters. The average Bonchev–Trinajstić information content (AvgIpc) is 2.94. The van der Waals surface area contributed by atoms with Gasteiger partial charge in [0.05, 0.1) is 10.5 Å². The van der Waals surface area contributed by atoms with E-state index in [9.17, 15) is 13.4 Å². The predicted octanol–water partition coefficient (Wildman–Crippen LogP) is 0.673. The first-order valence-corrected chi connectivity index (χ1v) is 9.89. The molecule has 0 spiro atoms. The summed E-state index contributed by atoms with van der Waals surface area (Å²) in [4.78, 5) is 18.1. The second kappa shape index (κ2) is 4.70. The van der Waals surface area contributed by atoms with E-state index in [1.165, 1.54) is 12.1 Å². The van der Waals surface area contributed by atoms with Crippen LogP contribution >= 0.6 is 0 Å². The Morgan fingerprint density at radius 3 is 2.64 bits per heavy atom. The first-order valence-electron chi connectivity index (χ1n) is 8.04. The summed E-state index contributed by atoms with van der Waals surface area (Å²) >= 11 is 0. The van der Waals surface area contributed by atoms with Gasteiger partial charge in [0.15, 0.2) is 0 Å². The van der Waals surface area contributed by atoms with E-state index in [1.54, 1.807) is 12.1 Å². The van der Waals surface area contributed by atoms with Gasteiger partial charge in [0.1, 0.15) is 11.3 Å². The maximum Gasteiger partial charge on any atom is 0.272 e. The zero-order chi connectivity index (χ0) is 17.3. The van der Waals surface area contributed by atoms with Crippen LogP contribution in [0.5, 0.6) is 0 Å². The Hall–Kier alpha value is -2.67. The van der Waals surface area contributed by atoms with E-state index in [-0.39, 0.29) is 21.9 Å². The summed E-state index contributed by atoms with van der Waals surface area (Å²) in [6.07, 6.45) is 5.70. The summed E-state index contributed by atoms with van der Waals surface area (Å²) in [7, 11) is -2.70. The van der Waals surface area contributed by atoms with Crippen LogP contribution in [0.4, 0.5) is 10.1 Å². The van der Waals surface area contributed by atoms with Crippen LogP contribution in [-0.4, -0.2) is 24.7 Å². The minimum atomic E-state index is -2.70. The third-order valence-electron chi connectivity index (χ3n) is 5.08. The molecule has 1 aliphatic heterocycles. The maximum atomic E-state index is 13.3. The molecular weight excluding hydrogens is 341 g/mol. The Kier molecular flexibility index (Phi) is 2.75. The molecule has 2 aromatic heterocycles. The molecule has 128 valence electrons. The summed E-state index contributed by atoms with van der Waals surface area (Å²) in [5.74, 6) is -0.328. The van der Waals surface area contributed by atoms with Crippen molar-refractivity contribution in [2.45, 2.75) is 17.4 Å². The van der Waals surface area contributed by atoms with E-state index in [0.717, 1.165) is 21.5 Å². The number of aromatic amines is 2. The van der Waals surface area contributed by atoms with Crippen LogP contribution in [0.1, 0.15) is 5.56 Å². The Morgan fingerprint density at radius 1 is 1.16 bits per heavy atom. The van der Waals surface area contributed by atoms with Crippen molar-refractivity contribution in [3.05, 3.63) is 62.8 Å². The minimum Gasteiger partial charge on any atom is -0.356 e. The van der Waals surface area contributed by atoms with Crippen LogP contribution in [0.2, 0.25) is 0 Å². The first-order chi connectivity index (χ1) is 12.0. The number of nitrogens with one attached hydrogen (secondary N) is 3. The number of H-pyrrole nitrogens is 2. The van der Waals surface area contributed by atoms with Crippen LogP contribution in [0, 0.1) is 12.7 Å². The molecule has 2 aliphatic rings. The molecule has 5 rings (SSSR count). The molecule has 1 aromatic carbocycles. The first kappa shape index (κ1) is 14.7. The van der Waals surface area contributed by atoms with Gasteiger partial charge in [0.2, 0.25) is 0 Å². The number of rotatable bonds is 2. The summed E-state index contributed by atoms with van der Waals surface area (Å²) in [6, 6.07) is 5.85. The Balaban J connectivity index is 1.63. The lowest BCUT2D eigenvalue weighted by Gasteiger charge is -2.09. The highest BCUT2D eigenvalue weighted by Crippen LogP contribution is 2.44. The number of benzene rings is 1. The fourth-order valence-electron chi connectivity index (χ4n) is 3.74. The molecule has 0 saturated carbocycles. The van der Waals surface area contributed by atoms with Gasteiger partial charge in [-0.15, -0.1) is 0 Å². The molecule has 2 unspecified atom stereocenters. The number of anilines is 1. The van der Waals surface area contributed by atoms with Crippen LogP contribution in [-0.2, 0) is 10.1 Å². The molecule has 1 saturated heterocycles. The van der Waals surface area contributed by atoms with Crippen molar-refractivity contribution in [2.24, 2.45) is 0 Å². The topological polar surface area (TPSA) is 77.8 Å². The van der Waals surface area contributed by atoms with Crippen molar-refractivity contribution >= 4 is 38.9 Å². The number of hydrogen-bond acceptors (Lipinski definition) is 2. The summed E-state index contributed by atoms with van der Waals surface area (Å²) in [5, 5.41) is 2.29. The lowest BCUT2D eigenvalue weighted by Crippen LogP contribution is -2.37. The molecule has 0 bridgehead atoms. The van der Waals surface area contributed by atoms with Gasteiger partial charge in [0.25, 0.3) is 5.56 Å². The molecule has 0 amide bonds. The number of pyridine rings is 1. The lowest BCUT2D eigenvalue weighted by molar-refractivity contribution is 0.628. The zero-order valence-corrected chi connectivity index (χ0v) is 14.2. The van der Waals surface area contributed by atoms with Gasteiger partial charge in [-0.3, -0.25) is 9.00 Å². The van der Waals surface area contributed by atoms with E-state index in [4.69, 9.17) is 0 Å². The van der Waals surface area contributed by atoms with Gasteiger partial charge in [-0.25, -0.2) is 4.39 Å². The largest absolute Gasteiger partial charge is 0.356 e. The van der Waals surface area contributed by atoms with Gasteiger partial charge in [0, 0.05) is 27.8 Å². The third kappa shape index (κ3) is 1.99. The monoisotopic (exact) mass is 357 g/mol.